The lowest BCUT2D eigenvalue weighted by Crippen LogP contribution is -2.49. The fourth-order valence-electron chi connectivity index (χ4n) is 2.25. The summed E-state index contributed by atoms with van der Waals surface area (Å²) in [6.45, 7) is 3.70. The summed E-state index contributed by atoms with van der Waals surface area (Å²) in [4.78, 5) is 37.5. The quantitative estimate of drug-likeness (QED) is 0.848. The Labute approximate surface area is 128 Å². The van der Waals surface area contributed by atoms with Gasteiger partial charge in [-0.3, -0.25) is 9.59 Å². The normalized spacial score (nSPS) is 15.1. The number of aromatic carboxylic acids is 1. The van der Waals surface area contributed by atoms with Crippen molar-refractivity contribution in [3.05, 3.63) is 41.5 Å². The van der Waals surface area contributed by atoms with Crippen molar-refractivity contribution in [3.8, 4) is 0 Å². The van der Waals surface area contributed by atoms with Crippen LogP contribution in [-0.2, 0) is 9.59 Å². The molecule has 0 bridgehead atoms. The molecule has 1 aromatic rings. The minimum absolute atomic E-state index is 0.0289. The predicted molar refractivity (Wildman–Crippen MR) is 81.3 cm³/mol. The third-order valence-corrected chi connectivity index (χ3v) is 3.61. The van der Waals surface area contributed by atoms with Crippen molar-refractivity contribution in [2.45, 2.75) is 6.92 Å². The van der Waals surface area contributed by atoms with E-state index >= 15 is 0 Å². The van der Waals surface area contributed by atoms with Gasteiger partial charge in [0, 0.05) is 39.2 Å². The second kappa shape index (κ2) is 6.89. The standard InChI is InChI=1S/C16H18N2O4/c1-12(19)17-8-10-18(11-9-17)15(20)7-4-13-2-5-14(6-3-13)16(21)22/h2-7H,8-11H2,1H3,(H,21,22). The Kier molecular flexibility index (Phi) is 4.93. The van der Waals surface area contributed by atoms with Crippen molar-refractivity contribution in [1.29, 1.82) is 0 Å². The zero-order valence-corrected chi connectivity index (χ0v) is 12.4. The molecular formula is C16H18N2O4. The molecule has 1 saturated heterocycles. The first-order valence-electron chi connectivity index (χ1n) is 7.03. The van der Waals surface area contributed by atoms with Gasteiger partial charge in [-0.1, -0.05) is 12.1 Å². The van der Waals surface area contributed by atoms with Crippen molar-refractivity contribution in [3.63, 3.8) is 0 Å². The second-order valence-electron chi connectivity index (χ2n) is 5.09. The number of carbonyl (C=O) groups is 3. The van der Waals surface area contributed by atoms with Crippen molar-refractivity contribution in [1.82, 2.24) is 9.80 Å². The van der Waals surface area contributed by atoms with Crippen molar-refractivity contribution in [2.75, 3.05) is 26.2 Å². The third kappa shape index (κ3) is 3.94. The van der Waals surface area contributed by atoms with Crippen molar-refractivity contribution >= 4 is 23.9 Å². The Morgan fingerprint density at radius 1 is 1.00 bits per heavy atom. The molecule has 1 aliphatic heterocycles. The Bertz CT molecular complexity index is 599. The Balaban J connectivity index is 1.91. The molecule has 2 amide bonds. The molecule has 0 saturated carbocycles. The number of hydrogen-bond acceptors (Lipinski definition) is 3. The number of piperazine rings is 1. The van der Waals surface area contributed by atoms with Gasteiger partial charge in [0.15, 0.2) is 0 Å². The van der Waals surface area contributed by atoms with Crippen LogP contribution in [0.15, 0.2) is 30.3 Å². The van der Waals surface area contributed by atoms with E-state index in [4.69, 9.17) is 5.11 Å². The van der Waals surface area contributed by atoms with Gasteiger partial charge in [-0.2, -0.15) is 0 Å². The number of rotatable bonds is 3. The number of benzene rings is 1. The molecule has 0 radical (unpaired) electrons. The number of carboxylic acids is 1. The maximum absolute atomic E-state index is 12.1. The summed E-state index contributed by atoms with van der Waals surface area (Å²) < 4.78 is 0. The van der Waals surface area contributed by atoms with Crippen LogP contribution in [0.4, 0.5) is 0 Å². The molecule has 1 fully saturated rings. The first kappa shape index (κ1) is 15.8. The summed E-state index contributed by atoms with van der Waals surface area (Å²) in [6.07, 6.45) is 3.13. The minimum Gasteiger partial charge on any atom is -0.478 e. The van der Waals surface area contributed by atoms with E-state index in [9.17, 15) is 14.4 Å². The Morgan fingerprint density at radius 3 is 2.05 bits per heavy atom. The largest absolute Gasteiger partial charge is 0.478 e. The third-order valence-electron chi connectivity index (χ3n) is 3.61. The van der Waals surface area contributed by atoms with Gasteiger partial charge in [-0.15, -0.1) is 0 Å². The highest BCUT2D eigenvalue weighted by Gasteiger charge is 2.20. The molecule has 0 aliphatic carbocycles. The van der Waals surface area contributed by atoms with E-state index in [2.05, 4.69) is 0 Å². The molecule has 1 aliphatic rings. The lowest BCUT2D eigenvalue weighted by atomic mass is 10.1. The van der Waals surface area contributed by atoms with Crippen LogP contribution in [0.1, 0.15) is 22.8 Å². The molecule has 6 heteroatoms. The van der Waals surface area contributed by atoms with Gasteiger partial charge in [-0.25, -0.2) is 4.79 Å². The van der Waals surface area contributed by atoms with Crippen LogP contribution in [-0.4, -0.2) is 58.9 Å². The molecule has 1 N–H and O–H groups in total. The molecule has 0 atom stereocenters. The van der Waals surface area contributed by atoms with Crippen LogP contribution in [0.25, 0.3) is 6.08 Å². The van der Waals surface area contributed by atoms with E-state index in [0.29, 0.717) is 26.2 Å². The highest BCUT2D eigenvalue weighted by Crippen LogP contribution is 2.08. The number of hydrogen-bond donors (Lipinski definition) is 1. The molecule has 0 aromatic heterocycles. The van der Waals surface area contributed by atoms with E-state index in [-0.39, 0.29) is 17.4 Å². The summed E-state index contributed by atoms with van der Waals surface area (Å²) in [5, 5.41) is 8.82. The van der Waals surface area contributed by atoms with Gasteiger partial charge in [0.05, 0.1) is 5.56 Å². The summed E-state index contributed by atoms with van der Waals surface area (Å²) in [5.41, 5.74) is 0.976. The molecule has 0 spiro atoms. The molecule has 1 aromatic carbocycles. The van der Waals surface area contributed by atoms with Crippen molar-refractivity contribution in [2.24, 2.45) is 0 Å². The van der Waals surface area contributed by atoms with E-state index in [0.717, 1.165) is 5.56 Å². The number of nitrogens with zero attached hydrogens (tertiary/aromatic N) is 2. The monoisotopic (exact) mass is 302 g/mol. The van der Waals surface area contributed by atoms with Gasteiger partial charge < -0.3 is 14.9 Å². The van der Waals surface area contributed by atoms with Gasteiger partial charge in [-0.05, 0) is 23.8 Å². The molecule has 22 heavy (non-hydrogen) atoms. The maximum atomic E-state index is 12.1. The molecule has 116 valence electrons. The minimum atomic E-state index is -0.977. The highest BCUT2D eigenvalue weighted by atomic mass is 16.4. The molecule has 1 heterocycles. The molecular weight excluding hydrogens is 284 g/mol. The molecule has 6 nitrogen and oxygen atoms in total. The zero-order valence-electron chi connectivity index (χ0n) is 12.4. The maximum Gasteiger partial charge on any atom is 0.335 e. The fraction of sp³-hybridized carbons (Fsp3) is 0.312. The summed E-state index contributed by atoms with van der Waals surface area (Å²) in [5.74, 6) is -1.05. The predicted octanol–water partition coefficient (Wildman–Crippen LogP) is 1.09. The van der Waals surface area contributed by atoms with E-state index in [1.54, 1.807) is 28.0 Å². The van der Waals surface area contributed by atoms with Gasteiger partial charge >= 0.3 is 5.97 Å². The average Bonchev–Trinajstić information content (AvgIpc) is 2.53. The smallest absolute Gasteiger partial charge is 0.335 e. The summed E-state index contributed by atoms with van der Waals surface area (Å²) in [7, 11) is 0. The molecule has 2 rings (SSSR count). The Morgan fingerprint density at radius 2 is 1.55 bits per heavy atom. The SMILES string of the molecule is CC(=O)N1CCN(C(=O)C=Cc2ccc(C(=O)O)cc2)CC1. The number of carbonyl (C=O) groups excluding carboxylic acids is 2. The first-order valence-corrected chi connectivity index (χ1v) is 7.03. The van der Waals surface area contributed by atoms with Crippen LogP contribution < -0.4 is 0 Å². The van der Waals surface area contributed by atoms with Gasteiger partial charge in [0.2, 0.25) is 11.8 Å². The Hall–Kier alpha value is -2.63. The van der Waals surface area contributed by atoms with E-state index < -0.39 is 5.97 Å². The van der Waals surface area contributed by atoms with Crippen LogP contribution >= 0.6 is 0 Å². The van der Waals surface area contributed by atoms with Crippen LogP contribution in [0, 0.1) is 0 Å². The molecule has 0 unspecified atom stereocenters. The topological polar surface area (TPSA) is 77.9 Å². The average molecular weight is 302 g/mol. The second-order valence-corrected chi connectivity index (χ2v) is 5.09. The van der Waals surface area contributed by atoms with E-state index in [1.807, 2.05) is 0 Å². The summed E-state index contributed by atoms with van der Waals surface area (Å²) in [6, 6.07) is 6.30. The van der Waals surface area contributed by atoms with Crippen molar-refractivity contribution < 1.29 is 19.5 Å². The van der Waals surface area contributed by atoms with Gasteiger partial charge in [0.25, 0.3) is 0 Å². The lowest BCUT2D eigenvalue weighted by Gasteiger charge is -2.33. The van der Waals surface area contributed by atoms with E-state index in [1.165, 1.54) is 25.1 Å². The lowest BCUT2D eigenvalue weighted by molar-refractivity contribution is -0.135. The van der Waals surface area contributed by atoms with Crippen LogP contribution in [0.2, 0.25) is 0 Å². The number of amides is 2. The van der Waals surface area contributed by atoms with Gasteiger partial charge in [0.1, 0.15) is 0 Å². The van der Waals surface area contributed by atoms with Crippen LogP contribution in [0.5, 0.6) is 0 Å². The fourth-order valence-corrected chi connectivity index (χ4v) is 2.25. The first-order chi connectivity index (χ1) is 10.5. The summed E-state index contributed by atoms with van der Waals surface area (Å²) >= 11 is 0. The highest BCUT2D eigenvalue weighted by molar-refractivity contribution is 5.92. The van der Waals surface area contributed by atoms with Crippen LogP contribution in [0.3, 0.4) is 0 Å². The number of carboxylic acid groups (broad SMARTS) is 1. The zero-order chi connectivity index (χ0) is 16.1.